The maximum atomic E-state index is 13.7. The van der Waals surface area contributed by atoms with Crippen LogP contribution in [0.2, 0.25) is 0 Å². The van der Waals surface area contributed by atoms with Gasteiger partial charge in [0.2, 0.25) is 29.5 Å². The van der Waals surface area contributed by atoms with Crippen LogP contribution in [-0.4, -0.2) is 90.0 Å². The SMILES string of the molecule is C=CC[C@H](N)C(=O)N[C@@H](CCCCN)C(=O)N[C@@H](CCCCN)C(=O)N[C@@H](CC)C(=O)N[C@@H](Cc1cccc(I)c1)C(=O)N[C@@H](CC(C)C)C(=O)O. The average molecular weight is 843 g/mol. The van der Waals surface area contributed by atoms with E-state index < -0.39 is 71.8 Å². The molecule has 0 heterocycles. The molecule has 0 bridgehead atoms. The molecule has 15 nitrogen and oxygen atoms in total. The van der Waals surface area contributed by atoms with Gasteiger partial charge in [-0.05, 0) is 117 Å². The maximum absolute atomic E-state index is 13.7. The molecule has 0 saturated carbocycles. The molecule has 0 aromatic heterocycles. The van der Waals surface area contributed by atoms with Crippen molar-refractivity contribution < 1.29 is 33.9 Å². The molecule has 0 fully saturated rings. The second-order valence-electron chi connectivity index (χ2n) is 13.2. The molecule has 0 aliphatic heterocycles. The van der Waals surface area contributed by atoms with Crippen molar-refractivity contribution in [1.29, 1.82) is 0 Å². The van der Waals surface area contributed by atoms with Gasteiger partial charge < -0.3 is 48.9 Å². The monoisotopic (exact) mass is 842 g/mol. The zero-order valence-corrected chi connectivity index (χ0v) is 32.8. The van der Waals surface area contributed by atoms with Gasteiger partial charge in [-0.2, -0.15) is 0 Å². The van der Waals surface area contributed by atoms with Crippen molar-refractivity contribution in [2.45, 2.75) is 121 Å². The fraction of sp³-hybridized carbons (Fsp3) is 0.611. The fourth-order valence-electron chi connectivity index (χ4n) is 5.33. The van der Waals surface area contributed by atoms with E-state index in [1.165, 1.54) is 6.08 Å². The molecular formula is C36H59IN8O7. The Kier molecular flexibility index (Phi) is 22.7. The molecule has 16 heteroatoms. The number of rotatable bonds is 26. The van der Waals surface area contributed by atoms with Crippen molar-refractivity contribution in [3.8, 4) is 0 Å². The van der Waals surface area contributed by atoms with Crippen LogP contribution in [0.15, 0.2) is 36.9 Å². The first-order chi connectivity index (χ1) is 24.7. The van der Waals surface area contributed by atoms with Crippen LogP contribution in [-0.2, 0) is 35.2 Å². The number of carboxylic acid groups (broad SMARTS) is 1. The summed E-state index contributed by atoms with van der Waals surface area (Å²) in [6, 6.07) is 0.939. The lowest BCUT2D eigenvalue weighted by Crippen LogP contribution is -2.59. The Balaban J connectivity index is 3.25. The molecule has 5 amide bonds. The van der Waals surface area contributed by atoms with Gasteiger partial charge in [0, 0.05) is 9.99 Å². The smallest absolute Gasteiger partial charge is 0.326 e. The number of carboxylic acids is 1. The van der Waals surface area contributed by atoms with E-state index in [2.05, 4.69) is 55.8 Å². The fourth-order valence-corrected chi connectivity index (χ4v) is 5.94. The number of unbranched alkanes of at least 4 members (excludes halogenated alkanes) is 2. The average Bonchev–Trinajstić information content (AvgIpc) is 3.08. The Labute approximate surface area is 320 Å². The molecule has 52 heavy (non-hydrogen) atoms. The summed E-state index contributed by atoms with van der Waals surface area (Å²) in [5.41, 5.74) is 18.0. The molecule has 1 aromatic rings. The zero-order chi connectivity index (χ0) is 39.2. The number of halogens is 1. The molecule has 0 unspecified atom stereocenters. The van der Waals surface area contributed by atoms with Gasteiger partial charge in [-0.1, -0.05) is 39.0 Å². The molecule has 1 aromatic carbocycles. The highest BCUT2D eigenvalue weighted by molar-refractivity contribution is 14.1. The molecule has 0 radical (unpaired) electrons. The molecule has 0 aliphatic rings. The first-order valence-electron chi connectivity index (χ1n) is 17.9. The summed E-state index contributed by atoms with van der Waals surface area (Å²) in [5.74, 6) is -4.31. The highest BCUT2D eigenvalue weighted by atomic mass is 127. The molecule has 12 N–H and O–H groups in total. The summed E-state index contributed by atoms with van der Waals surface area (Å²) in [4.78, 5) is 79.0. The second kappa shape index (κ2) is 25.4. The maximum Gasteiger partial charge on any atom is 0.326 e. The third-order valence-electron chi connectivity index (χ3n) is 8.24. The summed E-state index contributed by atoms with van der Waals surface area (Å²) in [6.07, 6.45) is 4.79. The normalized spacial score (nSPS) is 14.5. The van der Waals surface area contributed by atoms with Crippen LogP contribution in [0.3, 0.4) is 0 Å². The number of aliphatic carboxylic acids is 1. The predicted molar refractivity (Wildman–Crippen MR) is 208 cm³/mol. The third-order valence-corrected chi connectivity index (χ3v) is 8.91. The first kappa shape index (κ1) is 46.4. The number of benzene rings is 1. The Morgan fingerprint density at radius 3 is 1.73 bits per heavy atom. The third kappa shape index (κ3) is 17.7. The van der Waals surface area contributed by atoms with Crippen LogP contribution < -0.4 is 43.8 Å². The minimum Gasteiger partial charge on any atom is -0.480 e. The van der Waals surface area contributed by atoms with Crippen LogP contribution in [0.1, 0.15) is 84.1 Å². The standard InChI is InChI=1S/C36H59IN8O7/c1-5-12-25(40)31(46)42-27(15-7-9-17-38)34(49)43-28(16-8-10-18-39)33(48)41-26(6-2)32(47)44-29(21-23-13-11-14-24(37)20-23)35(50)45-30(36(51)52)19-22(3)4/h5,11,13-14,20,22,25-30H,1,6-10,12,15-19,21,38-40H2,2-4H3,(H,41,48)(H,42,46)(H,43,49)(H,44,47)(H,45,50)(H,51,52)/t25-,26-,27-,28-,29-,30-/m0/s1. The summed E-state index contributed by atoms with van der Waals surface area (Å²) in [5, 5.41) is 23.1. The minimum atomic E-state index is -1.19. The van der Waals surface area contributed by atoms with Crippen LogP contribution >= 0.6 is 22.6 Å². The van der Waals surface area contributed by atoms with Gasteiger partial charge in [0.15, 0.2) is 0 Å². The Bertz CT molecular complexity index is 1330. The van der Waals surface area contributed by atoms with Gasteiger partial charge in [0.25, 0.3) is 0 Å². The molecule has 6 atom stereocenters. The van der Waals surface area contributed by atoms with E-state index in [0.717, 1.165) is 9.13 Å². The van der Waals surface area contributed by atoms with Crippen molar-refractivity contribution >= 4 is 58.1 Å². The van der Waals surface area contributed by atoms with Crippen molar-refractivity contribution in [3.63, 3.8) is 0 Å². The molecule has 292 valence electrons. The lowest BCUT2D eigenvalue weighted by Gasteiger charge is -2.27. The number of nitrogens with two attached hydrogens (primary N) is 3. The molecular weight excluding hydrogens is 783 g/mol. The van der Waals surface area contributed by atoms with Gasteiger partial charge in [-0.25, -0.2) is 4.79 Å². The van der Waals surface area contributed by atoms with Crippen LogP contribution in [0, 0.1) is 9.49 Å². The zero-order valence-electron chi connectivity index (χ0n) is 30.6. The van der Waals surface area contributed by atoms with Gasteiger partial charge >= 0.3 is 5.97 Å². The summed E-state index contributed by atoms with van der Waals surface area (Å²) in [6.45, 7) is 9.71. The number of nitrogens with one attached hydrogen (secondary N) is 5. The van der Waals surface area contributed by atoms with Crippen molar-refractivity contribution in [1.82, 2.24) is 26.6 Å². The Hall–Kier alpha value is -3.61. The lowest BCUT2D eigenvalue weighted by molar-refractivity contribution is -0.142. The first-order valence-corrected chi connectivity index (χ1v) is 19.0. The van der Waals surface area contributed by atoms with E-state index in [1.54, 1.807) is 13.0 Å². The molecule has 1 rings (SSSR count). The van der Waals surface area contributed by atoms with E-state index in [9.17, 15) is 33.9 Å². The highest BCUT2D eigenvalue weighted by Crippen LogP contribution is 2.13. The molecule has 0 spiro atoms. The van der Waals surface area contributed by atoms with Crippen LogP contribution in [0.25, 0.3) is 0 Å². The number of amides is 5. The quantitative estimate of drug-likeness (QED) is 0.0363. The number of carbonyl (C=O) groups excluding carboxylic acids is 5. The van der Waals surface area contributed by atoms with Gasteiger partial charge in [0.1, 0.15) is 30.2 Å². The number of carbonyl (C=O) groups is 6. The van der Waals surface area contributed by atoms with Crippen molar-refractivity contribution in [2.75, 3.05) is 13.1 Å². The number of hydrogen-bond donors (Lipinski definition) is 9. The number of hydrogen-bond acceptors (Lipinski definition) is 9. The van der Waals surface area contributed by atoms with Gasteiger partial charge in [-0.15, -0.1) is 6.58 Å². The van der Waals surface area contributed by atoms with Crippen molar-refractivity contribution in [3.05, 3.63) is 46.1 Å². The van der Waals surface area contributed by atoms with E-state index in [0.29, 0.717) is 38.8 Å². The van der Waals surface area contributed by atoms with Crippen LogP contribution in [0.4, 0.5) is 0 Å². The van der Waals surface area contributed by atoms with Crippen LogP contribution in [0.5, 0.6) is 0 Å². The topological polar surface area (TPSA) is 261 Å². The molecule has 0 saturated heterocycles. The van der Waals surface area contributed by atoms with Gasteiger partial charge in [-0.3, -0.25) is 24.0 Å². The summed E-state index contributed by atoms with van der Waals surface area (Å²) in [7, 11) is 0. The summed E-state index contributed by atoms with van der Waals surface area (Å²) < 4.78 is 0.908. The highest BCUT2D eigenvalue weighted by Gasteiger charge is 2.32. The van der Waals surface area contributed by atoms with E-state index in [1.807, 2.05) is 32.0 Å². The Morgan fingerprint density at radius 2 is 1.25 bits per heavy atom. The van der Waals surface area contributed by atoms with Crippen molar-refractivity contribution in [2.24, 2.45) is 23.1 Å². The van der Waals surface area contributed by atoms with Gasteiger partial charge in [0.05, 0.1) is 6.04 Å². The summed E-state index contributed by atoms with van der Waals surface area (Å²) >= 11 is 2.13. The Morgan fingerprint density at radius 1 is 0.769 bits per heavy atom. The minimum absolute atomic E-state index is 0.0181. The lowest BCUT2D eigenvalue weighted by atomic mass is 10.0. The van der Waals surface area contributed by atoms with E-state index >= 15 is 0 Å². The largest absolute Gasteiger partial charge is 0.480 e. The van der Waals surface area contributed by atoms with E-state index in [-0.39, 0.29) is 44.4 Å². The second-order valence-corrected chi connectivity index (χ2v) is 14.5. The predicted octanol–water partition coefficient (Wildman–Crippen LogP) is 0.960. The van der Waals surface area contributed by atoms with E-state index in [4.69, 9.17) is 17.2 Å². The molecule has 0 aliphatic carbocycles.